The van der Waals surface area contributed by atoms with Crippen LogP contribution in [0.1, 0.15) is 39.0 Å². The van der Waals surface area contributed by atoms with Crippen LogP contribution in [0.2, 0.25) is 0 Å². The smallest absolute Gasteiger partial charge is 0.317 e. The lowest BCUT2D eigenvalue weighted by Crippen LogP contribution is -2.45. The lowest BCUT2D eigenvalue weighted by atomic mass is 9.96. The van der Waals surface area contributed by atoms with Crippen molar-refractivity contribution in [3.05, 3.63) is 0 Å². The van der Waals surface area contributed by atoms with Gasteiger partial charge in [-0.15, -0.1) is 0 Å². The molecule has 0 aliphatic carbocycles. The van der Waals surface area contributed by atoms with Gasteiger partial charge in [-0.25, -0.2) is 4.79 Å². The molecule has 4 nitrogen and oxygen atoms in total. The van der Waals surface area contributed by atoms with Gasteiger partial charge in [0.2, 0.25) is 0 Å². The van der Waals surface area contributed by atoms with Crippen molar-refractivity contribution in [3.8, 4) is 0 Å². The Morgan fingerprint density at radius 2 is 2.28 bits per heavy atom. The van der Waals surface area contributed by atoms with Gasteiger partial charge in [0.25, 0.3) is 0 Å². The van der Waals surface area contributed by atoms with Gasteiger partial charge in [0.15, 0.2) is 0 Å². The van der Waals surface area contributed by atoms with Crippen molar-refractivity contribution in [1.82, 2.24) is 15.5 Å². The molecule has 0 aromatic heterocycles. The van der Waals surface area contributed by atoms with Crippen molar-refractivity contribution in [1.29, 1.82) is 0 Å². The van der Waals surface area contributed by atoms with Crippen molar-refractivity contribution < 1.29 is 4.79 Å². The normalized spacial score (nSPS) is 29.1. The van der Waals surface area contributed by atoms with E-state index in [1.165, 1.54) is 19.3 Å². The Morgan fingerprint density at radius 3 is 3.00 bits per heavy atom. The Morgan fingerprint density at radius 1 is 1.39 bits per heavy atom. The van der Waals surface area contributed by atoms with E-state index in [1.807, 2.05) is 4.90 Å². The molecule has 2 aliphatic heterocycles. The van der Waals surface area contributed by atoms with Crippen LogP contribution < -0.4 is 10.6 Å². The number of piperidine rings is 2. The second-order valence-electron chi connectivity index (χ2n) is 5.93. The van der Waals surface area contributed by atoms with E-state index in [0.717, 1.165) is 51.5 Å². The summed E-state index contributed by atoms with van der Waals surface area (Å²) in [6.45, 7) is 7.20. The summed E-state index contributed by atoms with van der Waals surface area (Å²) in [7, 11) is 0. The highest BCUT2D eigenvalue weighted by molar-refractivity contribution is 5.74. The highest BCUT2D eigenvalue weighted by atomic mass is 16.2. The second kappa shape index (κ2) is 6.98. The van der Waals surface area contributed by atoms with Gasteiger partial charge >= 0.3 is 6.03 Å². The van der Waals surface area contributed by atoms with Crippen LogP contribution in [0, 0.1) is 11.8 Å². The van der Waals surface area contributed by atoms with Gasteiger partial charge in [-0.1, -0.05) is 6.92 Å². The Hall–Kier alpha value is -0.770. The molecule has 104 valence electrons. The van der Waals surface area contributed by atoms with Crippen LogP contribution in [0.5, 0.6) is 0 Å². The Balaban J connectivity index is 1.61. The van der Waals surface area contributed by atoms with Crippen molar-refractivity contribution in [2.75, 3.05) is 32.7 Å². The van der Waals surface area contributed by atoms with Gasteiger partial charge in [0.05, 0.1) is 0 Å². The fourth-order valence-corrected chi connectivity index (χ4v) is 3.04. The number of hydrogen-bond acceptors (Lipinski definition) is 2. The number of rotatable bonds is 3. The lowest BCUT2D eigenvalue weighted by molar-refractivity contribution is 0.169. The largest absolute Gasteiger partial charge is 0.338 e. The topological polar surface area (TPSA) is 44.4 Å². The first kappa shape index (κ1) is 13.7. The van der Waals surface area contributed by atoms with Crippen molar-refractivity contribution >= 4 is 6.03 Å². The van der Waals surface area contributed by atoms with Gasteiger partial charge in [0, 0.05) is 19.6 Å². The van der Waals surface area contributed by atoms with Crippen LogP contribution in [0.3, 0.4) is 0 Å². The van der Waals surface area contributed by atoms with Crippen molar-refractivity contribution in [2.45, 2.75) is 39.0 Å². The first-order valence-electron chi connectivity index (χ1n) is 7.49. The first-order valence-corrected chi connectivity index (χ1v) is 7.49. The zero-order valence-corrected chi connectivity index (χ0v) is 11.6. The Kier molecular flexibility index (Phi) is 5.29. The summed E-state index contributed by atoms with van der Waals surface area (Å²) in [5.41, 5.74) is 0. The summed E-state index contributed by atoms with van der Waals surface area (Å²) in [4.78, 5) is 14.0. The Bertz CT molecular complexity index is 264. The minimum atomic E-state index is 0.144. The van der Waals surface area contributed by atoms with Crippen LogP contribution in [-0.2, 0) is 0 Å². The predicted molar refractivity (Wildman–Crippen MR) is 73.6 cm³/mol. The molecule has 2 fully saturated rings. The lowest BCUT2D eigenvalue weighted by Gasteiger charge is -2.31. The number of amides is 2. The van der Waals surface area contributed by atoms with E-state index in [2.05, 4.69) is 17.6 Å². The highest BCUT2D eigenvalue weighted by Gasteiger charge is 2.20. The van der Waals surface area contributed by atoms with Crippen molar-refractivity contribution in [2.24, 2.45) is 11.8 Å². The number of nitrogens with one attached hydrogen (secondary N) is 2. The molecule has 2 aliphatic rings. The summed E-state index contributed by atoms with van der Waals surface area (Å²) in [6.07, 6.45) is 6.12. The maximum atomic E-state index is 12.0. The highest BCUT2D eigenvalue weighted by Crippen LogP contribution is 2.16. The molecule has 0 spiro atoms. The fourth-order valence-electron chi connectivity index (χ4n) is 3.04. The zero-order chi connectivity index (χ0) is 12.8. The average Bonchev–Trinajstić information content (AvgIpc) is 2.40. The second-order valence-corrected chi connectivity index (χ2v) is 5.93. The number of carbonyl (C=O) groups is 1. The predicted octanol–water partition coefficient (Wildman–Crippen LogP) is 1.82. The molecule has 2 amide bonds. The van der Waals surface area contributed by atoms with Gasteiger partial charge in [-0.2, -0.15) is 0 Å². The van der Waals surface area contributed by atoms with E-state index < -0.39 is 0 Å². The summed E-state index contributed by atoms with van der Waals surface area (Å²) in [5, 5.41) is 6.50. The molecule has 0 radical (unpaired) electrons. The van der Waals surface area contributed by atoms with Crippen LogP contribution in [0.4, 0.5) is 4.79 Å². The van der Waals surface area contributed by atoms with Crippen molar-refractivity contribution in [3.63, 3.8) is 0 Å². The van der Waals surface area contributed by atoms with Gasteiger partial charge in [-0.05, 0) is 57.0 Å². The molecule has 2 rings (SSSR count). The molecule has 0 aromatic carbocycles. The average molecular weight is 253 g/mol. The summed E-state index contributed by atoms with van der Waals surface area (Å²) in [6, 6.07) is 0.144. The van der Waals surface area contributed by atoms with Crippen LogP contribution in [0.25, 0.3) is 0 Å². The Labute approximate surface area is 110 Å². The molecule has 0 bridgehead atoms. The number of nitrogens with zero attached hydrogens (tertiary/aromatic N) is 1. The van der Waals surface area contributed by atoms with Gasteiger partial charge in [0.1, 0.15) is 0 Å². The third-order valence-corrected chi connectivity index (χ3v) is 4.17. The van der Waals surface area contributed by atoms with E-state index in [-0.39, 0.29) is 6.03 Å². The molecular formula is C14H27N3O. The molecule has 2 saturated heterocycles. The zero-order valence-electron chi connectivity index (χ0n) is 11.6. The number of urea groups is 1. The van der Waals surface area contributed by atoms with E-state index in [9.17, 15) is 4.79 Å². The third-order valence-electron chi connectivity index (χ3n) is 4.17. The standard InChI is InChI=1S/C14H27N3O/c1-12-4-3-9-17(11-12)14(18)16-8-6-13-5-2-7-15-10-13/h12-13,15H,2-11H2,1H3,(H,16,18). The minimum absolute atomic E-state index is 0.144. The van der Waals surface area contributed by atoms with E-state index in [1.54, 1.807) is 0 Å². The molecule has 2 unspecified atom stereocenters. The van der Waals surface area contributed by atoms with Gasteiger partial charge in [-0.3, -0.25) is 0 Å². The SMILES string of the molecule is CC1CCCN(C(=O)NCCC2CCCNC2)C1. The molecule has 0 saturated carbocycles. The van der Waals surface area contributed by atoms with Crippen LogP contribution in [0.15, 0.2) is 0 Å². The number of hydrogen-bond donors (Lipinski definition) is 2. The maximum absolute atomic E-state index is 12.0. The third kappa shape index (κ3) is 4.16. The summed E-state index contributed by atoms with van der Waals surface area (Å²) >= 11 is 0. The van der Waals surface area contributed by atoms with Crippen LogP contribution >= 0.6 is 0 Å². The molecule has 18 heavy (non-hydrogen) atoms. The summed E-state index contributed by atoms with van der Waals surface area (Å²) < 4.78 is 0. The molecule has 4 heteroatoms. The first-order chi connectivity index (χ1) is 8.75. The molecular weight excluding hydrogens is 226 g/mol. The van der Waals surface area contributed by atoms with Crippen LogP contribution in [-0.4, -0.2) is 43.7 Å². The quantitative estimate of drug-likeness (QED) is 0.806. The minimum Gasteiger partial charge on any atom is -0.338 e. The van der Waals surface area contributed by atoms with Gasteiger partial charge < -0.3 is 15.5 Å². The molecule has 2 atom stereocenters. The molecule has 2 heterocycles. The summed E-state index contributed by atoms with van der Waals surface area (Å²) in [5.74, 6) is 1.41. The monoisotopic (exact) mass is 253 g/mol. The van der Waals surface area contributed by atoms with E-state index in [4.69, 9.17) is 0 Å². The molecule has 0 aromatic rings. The van der Waals surface area contributed by atoms with E-state index in [0.29, 0.717) is 5.92 Å². The maximum Gasteiger partial charge on any atom is 0.317 e. The van der Waals surface area contributed by atoms with E-state index >= 15 is 0 Å². The molecule has 2 N–H and O–H groups in total. The number of likely N-dealkylation sites (tertiary alicyclic amines) is 1. The fraction of sp³-hybridized carbons (Fsp3) is 0.929. The number of carbonyl (C=O) groups excluding carboxylic acids is 1.